The van der Waals surface area contributed by atoms with Gasteiger partial charge in [0.1, 0.15) is 6.61 Å². The smallest absolute Gasteiger partial charge is 0.407 e. The highest BCUT2D eigenvalue weighted by Gasteiger charge is 2.28. The molecule has 3 aromatic rings. The first-order valence-corrected chi connectivity index (χ1v) is 10.8. The van der Waals surface area contributed by atoms with E-state index in [1.807, 2.05) is 36.4 Å². The van der Waals surface area contributed by atoms with Crippen LogP contribution in [-0.2, 0) is 4.74 Å². The highest BCUT2D eigenvalue weighted by molar-refractivity contribution is 6.39. The van der Waals surface area contributed by atoms with E-state index in [9.17, 15) is 4.79 Å². The monoisotopic (exact) mass is 452 g/mol. The van der Waals surface area contributed by atoms with Crippen molar-refractivity contribution in [1.29, 1.82) is 0 Å². The maximum atomic E-state index is 12.2. The molecule has 0 bridgehead atoms. The second kappa shape index (κ2) is 9.46. The number of carbonyl (C=O) groups excluding carboxylic acids is 1. The molecule has 31 heavy (non-hydrogen) atoms. The van der Waals surface area contributed by atoms with Crippen molar-refractivity contribution < 1.29 is 9.53 Å². The number of fused-ring (bicyclic) bond motifs is 3. The molecule has 0 saturated carbocycles. The fourth-order valence-corrected chi connectivity index (χ4v) is 4.33. The highest BCUT2D eigenvalue weighted by Crippen LogP contribution is 2.44. The molecule has 0 atom stereocenters. The summed E-state index contributed by atoms with van der Waals surface area (Å²) in [6.45, 7) is 0.766. The summed E-state index contributed by atoms with van der Waals surface area (Å²) >= 11 is 12.1. The number of nitrogens with one attached hydrogen (secondary N) is 1. The third-order valence-electron chi connectivity index (χ3n) is 5.34. The number of anilines is 1. The Morgan fingerprint density at radius 2 is 1.58 bits per heavy atom. The van der Waals surface area contributed by atoms with E-state index in [-0.39, 0.29) is 5.92 Å². The summed E-state index contributed by atoms with van der Waals surface area (Å²) in [5.74, 6) is 0.0538. The largest absolute Gasteiger partial charge is 0.449 e. The standard InChI is InChI=1S/C25H22Cl2N2O2/c26-22-13-16(14-23(27)24(22)28)7-5-6-12-29-25(30)31-15-21-19-10-3-1-8-17(19)18-9-2-4-11-20(18)21/h1-5,7-11,13-14,21H,6,12,15,28H2,(H,29,30). The van der Waals surface area contributed by atoms with Gasteiger partial charge in [-0.1, -0.05) is 83.9 Å². The van der Waals surface area contributed by atoms with Gasteiger partial charge in [-0.3, -0.25) is 0 Å². The minimum absolute atomic E-state index is 0.0538. The predicted octanol–water partition coefficient (Wildman–Crippen LogP) is 6.52. The molecule has 3 aromatic carbocycles. The van der Waals surface area contributed by atoms with E-state index in [1.54, 1.807) is 12.1 Å². The molecule has 4 nitrogen and oxygen atoms in total. The zero-order chi connectivity index (χ0) is 21.8. The molecule has 0 radical (unpaired) electrons. The summed E-state index contributed by atoms with van der Waals surface area (Å²) in [6.07, 6.45) is 4.04. The summed E-state index contributed by atoms with van der Waals surface area (Å²) in [5.41, 5.74) is 11.8. The number of rotatable bonds is 6. The molecule has 0 unspecified atom stereocenters. The maximum absolute atomic E-state index is 12.2. The number of carbonyl (C=O) groups is 1. The number of nitrogens with two attached hydrogens (primary N) is 1. The number of halogens is 2. The molecule has 3 N–H and O–H groups in total. The summed E-state index contributed by atoms with van der Waals surface area (Å²) in [5, 5.41) is 3.63. The van der Waals surface area contributed by atoms with Gasteiger partial charge in [-0.15, -0.1) is 0 Å². The number of alkyl carbamates (subject to hydrolysis) is 1. The Morgan fingerprint density at radius 1 is 1.00 bits per heavy atom. The predicted molar refractivity (Wildman–Crippen MR) is 128 cm³/mol. The van der Waals surface area contributed by atoms with Crippen LogP contribution in [-0.4, -0.2) is 19.2 Å². The first kappa shape index (κ1) is 21.3. The van der Waals surface area contributed by atoms with Gasteiger partial charge in [0.05, 0.1) is 15.7 Å². The molecule has 1 aliphatic rings. The zero-order valence-electron chi connectivity index (χ0n) is 16.8. The maximum Gasteiger partial charge on any atom is 0.407 e. The van der Waals surface area contributed by atoms with E-state index in [4.69, 9.17) is 33.7 Å². The Balaban J connectivity index is 1.28. The van der Waals surface area contributed by atoms with Crippen molar-refractivity contribution in [2.75, 3.05) is 18.9 Å². The van der Waals surface area contributed by atoms with Crippen molar-refractivity contribution in [2.24, 2.45) is 0 Å². The molecule has 158 valence electrons. The summed E-state index contributed by atoms with van der Waals surface area (Å²) in [4.78, 5) is 12.2. The van der Waals surface area contributed by atoms with Crippen molar-refractivity contribution in [3.63, 3.8) is 0 Å². The fourth-order valence-electron chi connectivity index (χ4n) is 3.83. The molecule has 0 aliphatic heterocycles. The van der Waals surface area contributed by atoms with Crippen LogP contribution in [0, 0.1) is 0 Å². The lowest BCUT2D eigenvalue weighted by Gasteiger charge is -2.14. The van der Waals surface area contributed by atoms with Crippen LogP contribution < -0.4 is 11.1 Å². The molecule has 1 aliphatic carbocycles. The molecular formula is C25H22Cl2N2O2. The quantitative estimate of drug-likeness (QED) is 0.330. The van der Waals surface area contributed by atoms with Crippen LogP contribution >= 0.6 is 23.2 Å². The van der Waals surface area contributed by atoms with E-state index in [0.29, 0.717) is 35.3 Å². The van der Waals surface area contributed by atoms with Crippen LogP contribution in [0.25, 0.3) is 17.2 Å². The van der Waals surface area contributed by atoms with Gasteiger partial charge in [0, 0.05) is 12.5 Å². The zero-order valence-corrected chi connectivity index (χ0v) is 18.3. The number of hydrogen-bond acceptors (Lipinski definition) is 3. The Hall–Kier alpha value is -2.95. The van der Waals surface area contributed by atoms with Crippen LogP contribution in [0.1, 0.15) is 29.0 Å². The Bertz CT molecular complexity index is 1080. The molecule has 0 heterocycles. The molecule has 0 fully saturated rings. The highest BCUT2D eigenvalue weighted by atomic mass is 35.5. The van der Waals surface area contributed by atoms with Gasteiger partial charge in [-0.25, -0.2) is 4.79 Å². The lowest BCUT2D eigenvalue weighted by molar-refractivity contribution is 0.143. The van der Waals surface area contributed by atoms with Crippen LogP contribution in [0.3, 0.4) is 0 Å². The van der Waals surface area contributed by atoms with Crippen LogP contribution in [0.15, 0.2) is 66.7 Å². The molecule has 4 rings (SSSR count). The number of ether oxygens (including phenoxy) is 1. The van der Waals surface area contributed by atoms with E-state index in [0.717, 1.165) is 5.56 Å². The Morgan fingerprint density at radius 3 is 2.19 bits per heavy atom. The van der Waals surface area contributed by atoms with Crippen LogP contribution in [0.4, 0.5) is 10.5 Å². The molecule has 0 saturated heterocycles. The number of hydrogen-bond donors (Lipinski definition) is 2. The van der Waals surface area contributed by atoms with Crippen molar-refractivity contribution in [3.05, 3.63) is 93.5 Å². The first-order chi connectivity index (χ1) is 15.0. The molecule has 0 aromatic heterocycles. The SMILES string of the molecule is Nc1c(Cl)cc(C=CCCNC(=O)OCC2c3ccccc3-c3ccccc32)cc1Cl. The van der Waals surface area contributed by atoms with Crippen molar-refractivity contribution in [3.8, 4) is 11.1 Å². The molecule has 0 spiro atoms. The van der Waals surface area contributed by atoms with Gasteiger partial charge in [-0.2, -0.15) is 0 Å². The van der Waals surface area contributed by atoms with E-state index in [2.05, 4.69) is 29.6 Å². The minimum atomic E-state index is -0.422. The van der Waals surface area contributed by atoms with Gasteiger partial charge in [0.25, 0.3) is 0 Å². The summed E-state index contributed by atoms with van der Waals surface area (Å²) in [7, 11) is 0. The Kier molecular flexibility index (Phi) is 6.50. The summed E-state index contributed by atoms with van der Waals surface area (Å²) in [6, 6.07) is 20.0. The lowest BCUT2D eigenvalue weighted by atomic mass is 9.98. The van der Waals surface area contributed by atoms with Crippen LogP contribution in [0.2, 0.25) is 10.0 Å². The fraction of sp³-hybridized carbons (Fsp3) is 0.160. The average molecular weight is 453 g/mol. The van der Waals surface area contributed by atoms with Gasteiger partial charge in [-0.05, 0) is 46.4 Å². The topological polar surface area (TPSA) is 64.3 Å². The minimum Gasteiger partial charge on any atom is -0.449 e. The van der Waals surface area contributed by atoms with Crippen LogP contribution in [0.5, 0.6) is 0 Å². The third kappa shape index (κ3) is 4.71. The average Bonchev–Trinajstić information content (AvgIpc) is 3.09. The number of benzene rings is 3. The van der Waals surface area contributed by atoms with Crippen molar-refractivity contribution >= 4 is 41.1 Å². The molecule has 1 amide bonds. The number of amides is 1. The molecular weight excluding hydrogens is 431 g/mol. The second-order valence-electron chi connectivity index (χ2n) is 7.34. The Labute approximate surface area is 191 Å². The summed E-state index contributed by atoms with van der Waals surface area (Å²) < 4.78 is 5.53. The van der Waals surface area contributed by atoms with Crippen molar-refractivity contribution in [1.82, 2.24) is 5.32 Å². The van der Waals surface area contributed by atoms with Gasteiger partial charge < -0.3 is 15.8 Å². The van der Waals surface area contributed by atoms with E-state index < -0.39 is 6.09 Å². The number of nitrogen functional groups attached to an aromatic ring is 1. The van der Waals surface area contributed by atoms with Gasteiger partial charge in [0.15, 0.2) is 0 Å². The normalized spacial score (nSPS) is 12.6. The molecule has 6 heteroatoms. The first-order valence-electron chi connectivity index (χ1n) is 10.0. The second-order valence-corrected chi connectivity index (χ2v) is 8.16. The third-order valence-corrected chi connectivity index (χ3v) is 5.96. The van der Waals surface area contributed by atoms with E-state index in [1.165, 1.54) is 22.3 Å². The van der Waals surface area contributed by atoms with E-state index >= 15 is 0 Å². The van der Waals surface area contributed by atoms with Crippen molar-refractivity contribution in [2.45, 2.75) is 12.3 Å². The van der Waals surface area contributed by atoms with Gasteiger partial charge >= 0.3 is 6.09 Å². The van der Waals surface area contributed by atoms with Gasteiger partial charge in [0.2, 0.25) is 0 Å². The lowest BCUT2D eigenvalue weighted by Crippen LogP contribution is -2.26.